The quantitative estimate of drug-likeness (QED) is 0.220. The summed E-state index contributed by atoms with van der Waals surface area (Å²) in [7, 11) is 0. The van der Waals surface area contributed by atoms with Crippen molar-refractivity contribution in [2.75, 3.05) is 0 Å². The molecule has 1 unspecified atom stereocenters. The van der Waals surface area contributed by atoms with Crippen molar-refractivity contribution < 1.29 is 4.79 Å². The van der Waals surface area contributed by atoms with Crippen molar-refractivity contribution in [1.29, 1.82) is 0 Å². The minimum absolute atomic E-state index is 0.314. The molecular formula is C26H44O. The SMILES string of the molecule is C/C=C(\C)CC/C=C(\C)CC/C=C(\C)CC(C=C(C)C)CCCCC(C)=O. The van der Waals surface area contributed by atoms with Crippen LogP contribution in [-0.4, -0.2) is 5.78 Å². The van der Waals surface area contributed by atoms with Crippen LogP contribution in [0.25, 0.3) is 0 Å². The zero-order valence-corrected chi connectivity index (χ0v) is 19.2. The Morgan fingerprint density at radius 1 is 0.778 bits per heavy atom. The van der Waals surface area contributed by atoms with Crippen molar-refractivity contribution >= 4 is 5.78 Å². The zero-order valence-electron chi connectivity index (χ0n) is 19.2. The van der Waals surface area contributed by atoms with Crippen LogP contribution >= 0.6 is 0 Å². The van der Waals surface area contributed by atoms with E-state index in [2.05, 4.69) is 65.8 Å². The molecule has 0 aliphatic heterocycles. The standard InChI is InChI=1S/C26H44O/c1-8-22(4)13-11-14-23(5)15-12-16-24(6)20-26(19-21(2)3)18-10-9-17-25(7)27/h8,14,16,19,26H,9-13,15,17-18,20H2,1-7H3/b22-8+,23-14+,24-16+. The van der Waals surface area contributed by atoms with E-state index in [0.717, 1.165) is 44.9 Å². The summed E-state index contributed by atoms with van der Waals surface area (Å²) in [5, 5.41) is 0. The zero-order chi connectivity index (χ0) is 20.7. The van der Waals surface area contributed by atoms with Crippen LogP contribution in [0.4, 0.5) is 0 Å². The summed E-state index contributed by atoms with van der Waals surface area (Å²) in [4.78, 5) is 11.1. The molecule has 0 bridgehead atoms. The van der Waals surface area contributed by atoms with Crippen molar-refractivity contribution in [2.24, 2.45) is 5.92 Å². The van der Waals surface area contributed by atoms with Crippen LogP contribution in [0.5, 0.6) is 0 Å². The van der Waals surface area contributed by atoms with Crippen LogP contribution in [0.15, 0.2) is 46.6 Å². The summed E-state index contributed by atoms with van der Waals surface area (Å²) in [6.45, 7) is 14.9. The van der Waals surface area contributed by atoms with E-state index in [1.807, 2.05) is 0 Å². The van der Waals surface area contributed by atoms with E-state index in [-0.39, 0.29) is 0 Å². The number of ketones is 1. The van der Waals surface area contributed by atoms with Crippen LogP contribution in [-0.2, 0) is 4.79 Å². The number of unbranched alkanes of at least 4 members (excludes halogenated alkanes) is 1. The minimum atomic E-state index is 0.314. The van der Waals surface area contributed by atoms with Gasteiger partial charge < -0.3 is 4.79 Å². The normalized spacial score (nSPS) is 14.3. The Hall–Kier alpha value is -1.37. The molecule has 154 valence electrons. The van der Waals surface area contributed by atoms with Gasteiger partial charge in [-0.25, -0.2) is 0 Å². The third kappa shape index (κ3) is 16.5. The summed E-state index contributed by atoms with van der Waals surface area (Å²) in [6.07, 6.45) is 19.3. The van der Waals surface area contributed by atoms with Crippen LogP contribution in [0.2, 0.25) is 0 Å². The molecule has 0 rings (SSSR count). The highest BCUT2D eigenvalue weighted by Crippen LogP contribution is 2.22. The second kappa shape index (κ2) is 15.7. The Morgan fingerprint density at radius 3 is 1.93 bits per heavy atom. The van der Waals surface area contributed by atoms with Gasteiger partial charge in [0.05, 0.1) is 0 Å². The van der Waals surface area contributed by atoms with Gasteiger partial charge in [0.15, 0.2) is 0 Å². The molecule has 0 saturated heterocycles. The van der Waals surface area contributed by atoms with Crippen molar-refractivity contribution in [1.82, 2.24) is 0 Å². The average Bonchev–Trinajstić information content (AvgIpc) is 2.57. The molecule has 0 aromatic rings. The number of carbonyl (C=O) groups excluding carboxylic acids is 1. The van der Waals surface area contributed by atoms with Crippen LogP contribution < -0.4 is 0 Å². The van der Waals surface area contributed by atoms with Gasteiger partial charge in [-0.1, -0.05) is 53.0 Å². The van der Waals surface area contributed by atoms with Crippen molar-refractivity contribution in [3.05, 3.63) is 46.6 Å². The monoisotopic (exact) mass is 372 g/mol. The van der Waals surface area contributed by atoms with E-state index in [4.69, 9.17) is 0 Å². The Labute approximate surface area is 169 Å². The summed E-state index contributed by atoms with van der Waals surface area (Å²) in [6, 6.07) is 0. The van der Waals surface area contributed by atoms with Gasteiger partial charge in [0.25, 0.3) is 0 Å². The van der Waals surface area contributed by atoms with Crippen LogP contribution in [0.1, 0.15) is 106 Å². The van der Waals surface area contributed by atoms with Gasteiger partial charge in [0, 0.05) is 6.42 Å². The maximum atomic E-state index is 11.1. The first-order chi connectivity index (χ1) is 12.7. The Balaban J connectivity index is 4.39. The highest BCUT2D eigenvalue weighted by atomic mass is 16.1. The summed E-state index contributed by atoms with van der Waals surface area (Å²) in [5.41, 5.74) is 5.88. The Morgan fingerprint density at radius 2 is 1.37 bits per heavy atom. The first-order valence-corrected chi connectivity index (χ1v) is 10.8. The molecule has 0 radical (unpaired) electrons. The topological polar surface area (TPSA) is 17.1 Å². The van der Waals surface area contributed by atoms with E-state index in [9.17, 15) is 4.79 Å². The highest BCUT2D eigenvalue weighted by Gasteiger charge is 2.07. The van der Waals surface area contributed by atoms with E-state index in [0.29, 0.717) is 11.7 Å². The van der Waals surface area contributed by atoms with Gasteiger partial charge in [-0.2, -0.15) is 0 Å². The molecule has 1 nitrogen and oxygen atoms in total. The van der Waals surface area contributed by atoms with E-state index in [1.54, 1.807) is 6.92 Å². The minimum Gasteiger partial charge on any atom is -0.300 e. The fourth-order valence-corrected chi connectivity index (χ4v) is 3.33. The third-order valence-electron chi connectivity index (χ3n) is 5.06. The maximum Gasteiger partial charge on any atom is 0.129 e. The van der Waals surface area contributed by atoms with Crippen molar-refractivity contribution in [2.45, 2.75) is 106 Å². The molecule has 0 aromatic heterocycles. The van der Waals surface area contributed by atoms with Gasteiger partial charge >= 0.3 is 0 Å². The maximum absolute atomic E-state index is 11.1. The number of Topliss-reactive ketones (excluding diaryl/α,β-unsaturated/α-hetero) is 1. The lowest BCUT2D eigenvalue weighted by atomic mass is 9.91. The average molecular weight is 373 g/mol. The van der Waals surface area contributed by atoms with Crippen molar-refractivity contribution in [3.63, 3.8) is 0 Å². The molecule has 0 aliphatic carbocycles. The van der Waals surface area contributed by atoms with Gasteiger partial charge in [-0.15, -0.1) is 0 Å². The number of carbonyl (C=O) groups is 1. The lowest BCUT2D eigenvalue weighted by molar-refractivity contribution is -0.117. The molecule has 0 aromatic carbocycles. The predicted octanol–water partition coefficient (Wildman–Crippen LogP) is 8.53. The predicted molar refractivity (Wildman–Crippen MR) is 122 cm³/mol. The third-order valence-corrected chi connectivity index (χ3v) is 5.06. The molecule has 0 aliphatic rings. The highest BCUT2D eigenvalue weighted by molar-refractivity contribution is 5.75. The molecule has 0 amide bonds. The number of hydrogen-bond donors (Lipinski definition) is 0. The van der Waals surface area contributed by atoms with Crippen molar-refractivity contribution in [3.8, 4) is 0 Å². The number of hydrogen-bond acceptors (Lipinski definition) is 1. The van der Waals surface area contributed by atoms with Crippen LogP contribution in [0.3, 0.4) is 0 Å². The smallest absolute Gasteiger partial charge is 0.129 e. The molecule has 1 heteroatoms. The first-order valence-electron chi connectivity index (χ1n) is 10.8. The number of rotatable bonds is 14. The summed E-state index contributed by atoms with van der Waals surface area (Å²) >= 11 is 0. The lowest BCUT2D eigenvalue weighted by Crippen LogP contribution is -2.00. The molecule has 0 heterocycles. The van der Waals surface area contributed by atoms with Crippen LogP contribution in [0, 0.1) is 5.92 Å². The van der Waals surface area contributed by atoms with E-state index < -0.39 is 0 Å². The summed E-state index contributed by atoms with van der Waals surface area (Å²) in [5.74, 6) is 0.924. The first kappa shape index (κ1) is 25.6. The molecule has 0 spiro atoms. The fourth-order valence-electron chi connectivity index (χ4n) is 3.33. The van der Waals surface area contributed by atoms with Gasteiger partial charge in [0.2, 0.25) is 0 Å². The molecule has 0 saturated carbocycles. The summed E-state index contributed by atoms with van der Waals surface area (Å²) < 4.78 is 0. The fraction of sp³-hybridized carbons (Fsp3) is 0.654. The van der Waals surface area contributed by atoms with E-state index >= 15 is 0 Å². The molecule has 0 N–H and O–H groups in total. The Kier molecular flexibility index (Phi) is 14.9. The molecule has 0 fully saturated rings. The molecule has 1 atom stereocenters. The number of allylic oxidation sites excluding steroid dienone is 8. The molecule has 27 heavy (non-hydrogen) atoms. The lowest BCUT2D eigenvalue weighted by Gasteiger charge is -2.14. The second-order valence-corrected chi connectivity index (χ2v) is 8.47. The van der Waals surface area contributed by atoms with E-state index in [1.165, 1.54) is 35.1 Å². The van der Waals surface area contributed by atoms with Gasteiger partial charge in [-0.3, -0.25) is 0 Å². The Bertz CT molecular complexity index is 539. The second-order valence-electron chi connectivity index (χ2n) is 8.47. The largest absolute Gasteiger partial charge is 0.300 e. The molecular weight excluding hydrogens is 328 g/mol. The van der Waals surface area contributed by atoms with Gasteiger partial charge in [-0.05, 0) is 99.3 Å². The van der Waals surface area contributed by atoms with Gasteiger partial charge in [0.1, 0.15) is 5.78 Å².